The number of piperidine rings is 1. The van der Waals surface area contributed by atoms with E-state index in [1.165, 1.54) is 0 Å². The predicted molar refractivity (Wildman–Crippen MR) is 73.5 cm³/mol. The van der Waals surface area contributed by atoms with Crippen LogP contribution in [-0.2, 0) is 16.6 Å². The van der Waals surface area contributed by atoms with Crippen LogP contribution in [-0.4, -0.2) is 21.6 Å². The van der Waals surface area contributed by atoms with E-state index in [1.54, 1.807) is 4.68 Å². The quantitative estimate of drug-likeness (QED) is 0.815. The number of aromatic nitrogens is 2. The number of aryl methyl sites for hydroxylation is 1. The molecule has 98 valence electrons. The van der Waals surface area contributed by atoms with Crippen molar-refractivity contribution in [3.63, 3.8) is 0 Å². The van der Waals surface area contributed by atoms with Crippen LogP contribution >= 0.6 is 15.9 Å². The summed E-state index contributed by atoms with van der Waals surface area (Å²) >= 11 is 3.43. The van der Waals surface area contributed by atoms with Crippen LogP contribution in [0.4, 0.5) is 0 Å². The highest BCUT2D eigenvalue weighted by Gasteiger charge is 2.31. The van der Waals surface area contributed by atoms with Gasteiger partial charge in [-0.25, -0.2) is 0 Å². The first kappa shape index (κ1) is 12.3. The van der Waals surface area contributed by atoms with Crippen molar-refractivity contribution >= 4 is 38.6 Å². The normalized spacial score (nSPS) is 19.8. The minimum Gasteiger partial charge on any atom is -0.296 e. The number of fused-ring (bicyclic) bond motifs is 1. The Morgan fingerprint density at radius 3 is 2.95 bits per heavy atom. The third kappa shape index (κ3) is 2.06. The van der Waals surface area contributed by atoms with Crippen LogP contribution in [0, 0.1) is 0 Å². The molecule has 19 heavy (non-hydrogen) atoms. The van der Waals surface area contributed by atoms with E-state index < -0.39 is 0 Å². The maximum atomic E-state index is 11.9. The molecule has 1 atom stereocenters. The van der Waals surface area contributed by atoms with E-state index in [-0.39, 0.29) is 17.7 Å². The molecule has 5 nitrogen and oxygen atoms in total. The lowest BCUT2D eigenvalue weighted by Crippen LogP contribution is -2.39. The Morgan fingerprint density at radius 2 is 2.21 bits per heavy atom. The lowest BCUT2D eigenvalue weighted by Gasteiger charge is -2.19. The number of nitrogens with zero attached hydrogens (tertiary/aromatic N) is 2. The van der Waals surface area contributed by atoms with Gasteiger partial charge in [0, 0.05) is 23.3 Å². The van der Waals surface area contributed by atoms with Crippen molar-refractivity contribution in [3.05, 3.63) is 28.4 Å². The molecule has 0 bridgehead atoms. The third-order valence-corrected chi connectivity index (χ3v) is 3.90. The minimum atomic E-state index is -0.345. The summed E-state index contributed by atoms with van der Waals surface area (Å²) in [5, 5.41) is 7.79. The van der Waals surface area contributed by atoms with E-state index in [4.69, 9.17) is 0 Å². The summed E-state index contributed by atoms with van der Waals surface area (Å²) in [5.74, 6) is -0.800. The summed E-state index contributed by atoms with van der Waals surface area (Å²) < 4.78 is 2.73. The topological polar surface area (TPSA) is 64.0 Å². The smallest absolute Gasteiger partial charge is 0.235 e. The van der Waals surface area contributed by atoms with Crippen molar-refractivity contribution in [1.82, 2.24) is 15.1 Å². The summed E-state index contributed by atoms with van der Waals surface area (Å²) in [6.07, 6.45) is 0.887. The summed E-state index contributed by atoms with van der Waals surface area (Å²) in [6.45, 7) is 0. The van der Waals surface area contributed by atoms with E-state index >= 15 is 0 Å². The monoisotopic (exact) mass is 321 g/mol. The van der Waals surface area contributed by atoms with Crippen LogP contribution in [0.3, 0.4) is 0 Å². The second-order valence-electron chi connectivity index (χ2n) is 4.67. The van der Waals surface area contributed by atoms with Gasteiger partial charge in [-0.05, 0) is 24.6 Å². The molecule has 0 radical (unpaired) electrons. The highest BCUT2D eigenvalue weighted by Crippen LogP contribution is 2.31. The minimum absolute atomic E-state index is 0.204. The van der Waals surface area contributed by atoms with Gasteiger partial charge in [0.15, 0.2) is 0 Å². The van der Waals surface area contributed by atoms with Crippen LogP contribution in [0.5, 0.6) is 0 Å². The summed E-state index contributed by atoms with van der Waals surface area (Å²) in [4.78, 5) is 23.1. The molecule has 2 heterocycles. The predicted octanol–water partition coefficient (Wildman–Crippen LogP) is 1.86. The Kier molecular flexibility index (Phi) is 2.89. The van der Waals surface area contributed by atoms with Crippen molar-refractivity contribution < 1.29 is 9.59 Å². The molecule has 6 heteroatoms. The highest BCUT2D eigenvalue weighted by atomic mass is 79.9. The number of halogens is 1. The Morgan fingerprint density at radius 1 is 1.42 bits per heavy atom. The number of hydrogen-bond acceptors (Lipinski definition) is 3. The van der Waals surface area contributed by atoms with Crippen LogP contribution in [0.25, 0.3) is 10.9 Å². The van der Waals surface area contributed by atoms with Gasteiger partial charge in [0.1, 0.15) is 0 Å². The van der Waals surface area contributed by atoms with Gasteiger partial charge in [-0.1, -0.05) is 15.9 Å². The van der Waals surface area contributed by atoms with Gasteiger partial charge in [0.05, 0.1) is 17.1 Å². The van der Waals surface area contributed by atoms with Crippen molar-refractivity contribution in [3.8, 4) is 0 Å². The number of rotatable bonds is 1. The number of nitrogens with one attached hydrogen (secondary N) is 1. The van der Waals surface area contributed by atoms with Crippen molar-refractivity contribution in [2.75, 3.05) is 0 Å². The molecule has 1 aliphatic rings. The Bertz CT molecular complexity index is 692. The van der Waals surface area contributed by atoms with Gasteiger partial charge in [0.25, 0.3) is 0 Å². The molecule has 3 rings (SSSR count). The maximum absolute atomic E-state index is 11.9. The molecular formula is C13H12BrN3O2. The number of imide groups is 1. The average Bonchev–Trinajstić information content (AvgIpc) is 2.66. The maximum Gasteiger partial charge on any atom is 0.235 e. The first-order chi connectivity index (χ1) is 9.06. The first-order valence-electron chi connectivity index (χ1n) is 6.02. The number of hydrogen-bond donors (Lipinski definition) is 1. The average molecular weight is 322 g/mol. The Hall–Kier alpha value is -1.69. The summed E-state index contributed by atoms with van der Waals surface area (Å²) in [7, 11) is 1.85. The molecule has 1 aliphatic heterocycles. The molecule has 1 N–H and O–H groups in total. The zero-order chi connectivity index (χ0) is 13.6. The zero-order valence-corrected chi connectivity index (χ0v) is 11.9. The van der Waals surface area contributed by atoms with Crippen LogP contribution in [0.1, 0.15) is 24.5 Å². The SMILES string of the molecule is Cn1nc(C2CCC(=O)NC2=O)c2ccc(Br)cc21. The number of amides is 2. The fourth-order valence-electron chi connectivity index (χ4n) is 2.47. The first-order valence-corrected chi connectivity index (χ1v) is 6.81. The van der Waals surface area contributed by atoms with Gasteiger partial charge in [-0.2, -0.15) is 5.10 Å². The molecule has 2 amide bonds. The van der Waals surface area contributed by atoms with Gasteiger partial charge in [-0.3, -0.25) is 19.6 Å². The third-order valence-electron chi connectivity index (χ3n) is 3.41. The molecule has 0 saturated carbocycles. The number of carbonyl (C=O) groups is 2. The summed E-state index contributed by atoms with van der Waals surface area (Å²) in [6, 6.07) is 5.85. The van der Waals surface area contributed by atoms with E-state index in [9.17, 15) is 9.59 Å². The van der Waals surface area contributed by atoms with Gasteiger partial charge >= 0.3 is 0 Å². The lowest BCUT2D eigenvalue weighted by molar-refractivity contribution is -0.134. The molecule has 1 aromatic carbocycles. The van der Waals surface area contributed by atoms with Gasteiger partial charge < -0.3 is 0 Å². The molecule has 0 aliphatic carbocycles. The molecule has 2 aromatic rings. The molecule has 1 unspecified atom stereocenters. The molecule has 1 aromatic heterocycles. The largest absolute Gasteiger partial charge is 0.296 e. The van der Waals surface area contributed by atoms with E-state index in [0.717, 1.165) is 21.1 Å². The Labute approximate surface area is 118 Å². The van der Waals surface area contributed by atoms with E-state index in [0.29, 0.717) is 12.8 Å². The summed E-state index contributed by atoms with van der Waals surface area (Å²) in [5.41, 5.74) is 1.71. The fourth-order valence-corrected chi connectivity index (χ4v) is 2.82. The second-order valence-corrected chi connectivity index (χ2v) is 5.59. The van der Waals surface area contributed by atoms with Gasteiger partial charge in [-0.15, -0.1) is 0 Å². The number of carbonyl (C=O) groups excluding carboxylic acids is 2. The zero-order valence-electron chi connectivity index (χ0n) is 10.3. The van der Waals surface area contributed by atoms with E-state index in [1.807, 2.05) is 25.2 Å². The molecule has 0 spiro atoms. The van der Waals surface area contributed by atoms with E-state index in [2.05, 4.69) is 26.3 Å². The van der Waals surface area contributed by atoms with Crippen LogP contribution in [0.2, 0.25) is 0 Å². The van der Waals surface area contributed by atoms with Crippen molar-refractivity contribution in [2.24, 2.45) is 7.05 Å². The van der Waals surface area contributed by atoms with Crippen LogP contribution < -0.4 is 5.32 Å². The number of benzene rings is 1. The Balaban J connectivity index is 2.10. The molecule has 1 saturated heterocycles. The standard InChI is InChI=1S/C13H12BrN3O2/c1-17-10-6-7(14)2-3-8(10)12(16-17)9-4-5-11(18)15-13(9)19/h2-3,6,9H,4-5H2,1H3,(H,15,18,19). The fraction of sp³-hybridized carbons (Fsp3) is 0.308. The lowest BCUT2D eigenvalue weighted by atomic mass is 9.93. The van der Waals surface area contributed by atoms with Crippen molar-refractivity contribution in [2.45, 2.75) is 18.8 Å². The van der Waals surface area contributed by atoms with Crippen LogP contribution in [0.15, 0.2) is 22.7 Å². The van der Waals surface area contributed by atoms with Crippen molar-refractivity contribution in [1.29, 1.82) is 0 Å². The second kappa shape index (κ2) is 4.45. The molecular weight excluding hydrogens is 310 g/mol. The molecule has 1 fully saturated rings. The highest BCUT2D eigenvalue weighted by molar-refractivity contribution is 9.10. The van der Waals surface area contributed by atoms with Gasteiger partial charge in [0.2, 0.25) is 11.8 Å².